The van der Waals surface area contributed by atoms with Crippen molar-refractivity contribution in [2.45, 2.75) is 43.1 Å². The number of hydrogen-bond donors (Lipinski definition) is 2. The number of carbonyl (C=O) groups excluding carboxylic acids is 1. The van der Waals surface area contributed by atoms with Crippen molar-refractivity contribution < 1.29 is 13.2 Å². The molecular weight excluding hydrogens is 372 g/mol. The van der Waals surface area contributed by atoms with Crippen LogP contribution in [-0.4, -0.2) is 52.3 Å². The number of nitrogens with zero attached hydrogens (tertiary/aromatic N) is 2. The van der Waals surface area contributed by atoms with Crippen LogP contribution in [0.15, 0.2) is 29.4 Å². The highest BCUT2D eigenvalue weighted by Gasteiger charge is 2.30. The summed E-state index contributed by atoms with van der Waals surface area (Å²) in [4.78, 5) is 16.7. The Morgan fingerprint density at radius 1 is 1.38 bits per heavy atom. The molecule has 1 amide bonds. The first-order valence-electron chi connectivity index (χ1n) is 8.55. The molecular formula is C17H22N4O3S2. The molecule has 2 atom stereocenters. The molecule has 26 heavy (non-hydrogen) atoms. The molecule has 7 nitrogen and oxygen atoms in total. The summed E-state index contributed by atoms with van der Waals surface area (Å²) in [5, 5.41) is 9.93. The number of aromatic nitrogens is 3. The maximum Gasteiger partial charge on any atom is 0.233 e. The van der Waals surface area contributed by atoms with Crippen LogP contribution >= 0.6 is 11.8 Å². The third-order valence-corrected chi connectivity index (χ3v) is 7.06. The highest BCUT2D eigenvalue weighted by atomic mass is 32.2. The van der Waals surface area contributed by atoms with Crippen molar-refractivity contribution in [3.05, 3.63) is 29.8 Å². The van der Waals surface area contributed by atoms with Crippen LogP contribution in [0.3, 0.4) is 0 Å². The molecule has 2 heterocycles. The average Bonchev–Trinajstić information content (AvgIpc) is 3.21. The van der Waals surface area contributed by atoms with E-state index in [1.165, 1.54) is 17.3 Å². The lowest BCUT2D eigenvalue weighted by molar-refractivity contribution is -0.120. The molecule has 140 valence electrons. The number of benzene rings is 1. The number of thioether (sulfide) groups is 1. The molecule has 0 radical (unpaired) electrons. The molecule has 0 unspecified atom stereocenters. The minimum absolute atomic E-state index is 0.0225. The predicted molar refractivity (Wildman–Crippen MR) is 102 cm³/mol. The van der Waals surface area contributed by atoms with Gasteiger partial charge in [-0.25, -0.2) is 13.4 Å². The van der Waals surface area contributed by atoms with E-state index in [0.717, 1.165) is 12.0 Å². The van der Waals surface area contributed by atoms with Crippen LogP contribution in [0.5, 0.6) is 0 Å². The molecule has 2 aromatic rings. The number of amides is 1. The van der Waals surface area contributed by atoms with Gasteiger partial charge in [-0.15, -0.1) is 5.10 Å². The molecule has 9 heteroatoms. The third kappa shape index (κ3) is 4.64. The summed E-state index contributed by atoms with van der Waals surface area (Å²) in [7, 11) is -3.01. The Kier molecular flexibility index (Phi) is 5.67. The molecule has 2 N–H and O–H groups in total. The van der Waals surface area contributed by atoms with Crippen LogP contribution in [0.4, 0.5) is 0 Å². The molecule has 1 fully saturated rings. The van der Waals surface area contributed by atoms with Crippen molar-refractivity contribution in [2.24, 2.45) is 0 Å². The van der Waals surface area contributed by atoms with Gasteiger partial charge in [-0.2, -0.15) is 0 Å². The van der Waals surface area contributed by atoms with E-state index in [9.17, 15) is 13.2 Å². The van der Waals surface area contributed by atoms with Gasteiger partial charge in [0.1, 0.15) is 0 Å². The van der Waals surface area contributed by atoms with Gasteiger partial charge in [-0.3, -0.25) is 9.89 Å². The lowest BCUT2D eigenvalue weighted by Crippen LogP contribution is -2.39. The molecule has 1 aliphatic rings. The highest BCUT2D eigenvalue weighted by molar-refractivity contribution is 8.00. The van der Waals surface area contributed by atoms with Crippen LogP contribution < -0.4 is 5.32 Å². The summed E-state index contributed by atoms with van der Waals surface area (Å²) in [5.41, 5.74) is 2.19. The molecule has 1 saturated heterocycles. The summed E-state index contributed by atoms with van der Waals surface area (Å²) in [6, 6.07) is 7.79. The first kappa shape index (κ1) is 18.9. The van der Waals surface area contributed by atoms with Gasteiger partial charge in [-0.1, -0.05) is 43.0 Å². The Morgan fingerprint density at radius 3 is 2.73 bits per heavy atom. The fourth-order valence-electron chi connectivity index (χ4n) is 2.77. The van der Waals surface area contributed by atoms with Gasteiger partial charge >= 0.3 is 0 Å². The number of H-pyrrole nitrogens is 1. The number of aryl methyl sites for hydroxylation is 1. The van der Waals surface area contributed by atoms with Crippen molar-refractivity contribution in [1.82, 2.24) is 20.5 Å². The molecule has 3 rings (SSSR count). The van der Waals surface area contributed by atoms with Crippen LogP contribution in [0.1, 0.15) is 25.8 Å². The van der Waals surface area contributed by atoms with E-state index in [0.29, 0.717) is 17.4 Å². The van der Waals surface area contributed by atoms with Gasteiger partial charge in [-0.05, 0) is 25.3 Å². The molecule has 0 spiro atoms. The first-order valence-corrected chi connectivity index (χ1v) is 11.3. The van der Waals surface area contributed by atoms with Gasteiger partial charge in [0, 0.05) is 11.6 Å². The second kappa shape index (κ2) is 7.79. The molecule has 1 aromatic carbocycles. The number of sulfone groups is 1. The van der Waals surface area contributed by atoms with Crippen LogP contribution in [0.2, 0.25) is 0 Å². The minimum Gasteiger partial charge on any atom is -0.351 e. The topological polar surface area (TPSA) is 105 Å². The number of rotatable bonds is 6. The van der Waals surface area contributed by atoms with Crippen molar-refractivity contribution in [3.8, 4) is 11.4 Å². The van der Waals surface area contributed by atoms with Crippen LogP contribution in [0.25, 0.3) is 11.4 Å². The van der Waals surface area contributed by atoms with E-state index in [2.05, 4.69) is 39.6 Å². The monoisotopic (exact) mass is 394 g/mol. The minimum atomic E-state index is -3.01. The van der Waals surface area contributed by atoms with E-state index >= 15 is 0 Å². The lowest BCUT2D eigenvalue weighted by Gasteiger charge is -2.14. The molecule has 1 aliphatic heterocycles. The summed E-state index contributed by atoms with van der Waals surface area (Å²) < 4.78 is 23.0. The first-order chi connectivity index (χ1) is 12.4. The fraction of sp³-hybridized carbons (Fsp3) is 0.471. The normalized spacial score (nSPS) is 20.0. The van der Waals surface area contributed by atoms with Gasteiger partial charge < -0.3 is 5.32 Å². The largest absolute Gasteiger partial charge is 0.351 e. The SMILES string of the molecule is CCc1ccc(-c2nc(S[C@H](C)C(=O)N[C@H]3CCS(=O)(=O)C3)n[nH]2)cc1. The summed E-state index contributed by atoms with van der Waals surface area (Å²) in [6.07, 6.45) is 1.46. The van der Waals surface area contributed by atoms with Gasteiger partial charge in [0.05, 0.1) is 16.8 Å². The summed E-state index contributed by atoms with van der Waals surface area (Å²) in [5.74, 6) is 0.621. The average molecular weight is 395 g/mol. The van der Waals surface area contributed by atoms with E-state index < -0.39 is 15.1 Å². The highest BCUT2D eigenvalue weighted by Crippen LogP contribution is 2.23. The Balaban J connectivity index is 1.58. The second-order valence-electron chi connectivity index (χ2n) is 6.39. The van der Waals surface area contributed by atoms with E-state index in [1.807, 2.05) is 12.1 Å². The fourth-order valence-corrected chi connectivity index (χ4v) is 5.17. The maximum atomic E-state index is 12.3. The summed E-state index contributed by atoms with van der Waals surface area (Å²) in [6.45, 7) is 3.86. The zero-order chi connectivity index (χ0) is 18.7. The standard InChI is InChI=1S/C17H22N4O3S2/c1-3-12-4-6-13(7-5-12)15-19-17(21-20-15)25-11(2)16(22)18-14-8-9-26(23,24)10-14/h4-7,11,14H,3,8-10H2,1-2H3,(H,18,22)(H,19,20,21)/t11-,14+/m1/s1. The van der Waals surface area contributed by atoms with E-state index in [-0.39, 0.29) is 23.5 Å². The van der Waals surface area contributed by atoms with Crippen molar-refractivity contribution >= 4 is 27.5 Å². The number of nitrogens with one attached hydrogen (secondary N) is 2. The molecule has 0 saturated carbocycles. The smallest absolute Gasteiger partial charge is 0.233 e. The summed E-state index contributed by atoms with van der Waals surface area (Å²) >= 11 is 1.24. The third-order valence-electron chi connectivity index (χ3n) is 4.33. The van der Waals surface area contributed by atoms with Crippen molar-refractivity contribution in [1.29, 1.82) is 0 Å². The van der Waals surface area contributed by atoms with Crippen LogP contribution in [0, 0.1) is 0 Å². The van der Waals surface area contributed by atoms with E-state index in [1.54, 1.807) is 6.92 Å². The van der Waals surface area contributed by atoms with Crippen LogP contribution in [-0.2, 0) is 21.1 Å². The van der Waals surface area contributed by atoms with Gasteiger partial charge in [0.2, 0.25) is 11.1 Å². The van der Waals surface area contributed by atoms with Crippen molar-refractivity contribution in [2.75, 3.05) is 11.5 Å². The number of aromatic amines is 1. The van der Waals surface area contributed by atoms with E-state index in [4.69, 9.17) is 0 Å². The second-order valence-corrected chi connectivity index (χ2v) is 9.92. The molecule has 0 bridgehead atoms. The Hall–Kier alpha value is -1.87. The maximum absolute atomic E-state index is 12.3. The Bertz CT molecular complexity index is 878. The number of carbonyl (C=O) groups is 1. The Labute approximate surface area is 157 Å². The number of hydrogen-bond acceptors (Lipinski definition) is 6. The predicted octanol–water partition coefficient (Wildman–Crippen LogP) is 1.82. The van der Waals surface area contributed by atoms with Crippen molar-refractivity contribution in [3.63, 3.8) is 0 Å². The quantitative estimate of drug-likeness (QED) is 0.724. The Morgan fingerprint density at radius 2 is 2.12 bits per heavy atom. The zero-order valence-electron chi connectivity index (χ0n) is 14.7. The van der Waals surface area contributed by atoms with Gasteiger partial charge in [0.25, 0.3) is 0 Å². The molecule has 0 aliphatic carbocycles. The van der Waals surface area contributed by atoms with Gasteiger partial charge in [0.15, 0.2) is 15.7 Å². The molecule has 1 aromatic heterocycles. The zero-order valence-corrected chi connectivity index (χ0v) is 16.4. The lowest BCUT2D eigenvalue weighted by atomic mass is 10.1.